The standard InChI is InChI=1S/C11H19N5O2S.2ClH/c1-12-19(17,18)7-6-14-11-9-2-4-13-5-3-10(9)15-8-16-11;;/h8,12-13H,2-7H2,1H3,(H,14,15,16);2*1H. The average molecular weight is 358 g/mol. The molecule has 0 saturated carbocycles. The predicted octanol–water partition coefficient (Wildman–Crippen LogP) is -0.0305. The highest BCUT2D eigenvalue weighted by atomic mass is 35.5. The number of rotatable bonds is 5. The molecule has 1 aromatic rings. The fourth-order valence-electron chi connectivity index (χ4n) is 2.03. The molecule has 0 radical (unpaired) electrons. The summed E-state index contributed by atoms with van der Waals surface area (Å²) in [6.45, 7) is 2.14. The first kappa shape index (κ1) is 20.3. The zero-order valence-electron chi connectivity index (χ0n) is 11.8. The summed E-state index contributed by atoms with van der Waals surface area (Å²) in [6, 6.07) is 0. The van der Waals surface area contributed by atoms with E-state index in [4.69, 9.17) is 0 Å². The van der Waals surface area contributed by atoms with Crippen LogP contribution < -0.4 is 15.4 Å². The Morgan fingerprint density at radius 3 is 2.67 bits per heavy atom. The van der Waals surface area contributed by atoms with Crippen LogP contribution in [0.1, 0.15) is 11.3 Å². The minimum atomic E-state index is -3.19. The molecular weight excluding hydrogens is 337 g/mol. The summed E-state index contributed by atoms with van der Waals surface area (Å²) in [4.78, 5) is 8.51. The van der Waals surface area contributed by atoms with E-state index in [1.165, 1.54) is 13.4 Å². The molecule has 0 aliphatic carbocycles. The lowest BCUT2D eigenvalue weighted by Crippen LogP contribution is -2.26. The van der Waals surface area contributed by atoms with Crippen LogP contribution in [-0.4, -0.2) is 50.8 Å². The van der Waals surface area contributed by atoms with Gasteiger partial charge in [-0.15, -0.1) is 24.8 Å². The van der Waals surface area contributed by atoms with Crippen molar-refractivity contribution in [3.8, 4) is 0 Å². The largest absolute Gasteiger partial charge is 0.369 e. The number of nitrogens with zero attached hydrogens (tertiary/aromatic N) is 2. The number of hydrogen-bond donors (Lipinski definition) is 3. The van der Waals surface area contributed by atoms with E-state index < -0.39 is 10.0 Å². The number of fused-ring (bicyclic) bond motifs is 1. The zero-order valence-corrected chi connectivity index (χ0v) is 14.2. The van der Waals surface area contributed by atoms with Crippen molar-refractivity contribution < 1.29 is 8.42 Å². The third-order valence-electron chi connectivity index (χ3n) is 3.10. The summed E-state index contributed by atoms with van der Waals surface area (Å²) in [7, 11) is -1.77. The Morgan fingerprint density at radius 2 is 1.95 bits per heavy atom. The van der Waals surface area contributed by atoms with Crippen molar-refractivity contribution >= 4 is 40.7 Å². The fourth-order valence-corrected chi connectivity index (χ4v) is 2.61. The van der Waals surface area contributed by atoms with Gasteiger partial charge in [-0.25, -0.2) is 23.1 Å². The minimum Gasteiger partial charge on any atom is -0.369 e. The maximum atomic E-state index is 11.3. The topological polar surface area (TPSA) is 96.0 Å². The number of nitrogens with one attached hydrogen (secondary N) is 3. The van der Waals surface area contributed by atoms with E-state index >= 15 is 0 Å². The first-order valence-electron chi connectivity index (χ1n) is 6.31. The molecule has 3 N–H and O–H groups in total. The van der Waals surface area contributed by atoms with Gasteiger partial charge in [-0.05, 0) is 20.0 Å². The van der Waals surface area contributed by atoms with Crippen LogP contribution in [0.2, 0.25) is 0 Å². The Morgan fingerprint density at radius 1 is 1.24 bits per heavy atom. The summed E-state index contributed by atoms with van der Waals surface area (Å²) in [6.07, 6.45) is 3.26. The lowest BCUT2D eigenvalue weighted by molar-refractivity contribution is 0.588. The molecule has 10 heteroatoms. The van der Waals surface area contributed by atoms with Crippen LogP contribution in [0.25, 0.3) is 0 Å². The molecule has 0 fully saturated rings. The maximum Gasteiger partial charge on any atom is 0.213 e. The molecule has 2 rings (SSSR count). The normalized spacial score (nSPS) is 14.1. The molecule has 1 aromatic heterocycles. The molecule has 2 heterocycles. The van der Waals surface area contributed by atoms with Gasteiger partial charge in [0.15, 0.2) is 0 Å². The number of hydrogen-bond acceptors (Lipinski definition) is 6. The van der Waals surface area contributed by atoms with Crippen molar-refractivity contribution in [2.24, 2.45) is 0 Å². The van der Waals surface area contributed by atoms with Gasteiger partial charge in [0.25, 0.3) is 0 Å². The summed E-state index contributed by atoms with van der Waals surface area (Å²) in [5.41, 5.74) is 2.13. The van der Waals surface area contributed by atoms with Gasteiger partial charge in [0.05, 0.1) is 11.4 Å². The molecule has 1 aliphatic rings. The van der Waals surface area contributed by atoms with Crippen molar-refractivity contribution in [1.82, 2.24) is 20.0 Å². The van der Waals surface area contributed by atoms with E-state index in [0.29, 0.717) is 6.54 Å². The summed E-state index contributed by atoms with van der Waals surface area (Å²) in [5, 5.41) is 6.40. The molecule has 21 heavy (non-hydrogen) atoms. The van der Waals surface area contributed by atoms with E-state index in [2.05, 4.69) is 25.3 Å². The van der Waals surface area contributed by atoms with Gasteiger partial charge in [-0.1, -0.05) is 0 Å². The zero-order chi connectivity index (χ0) is 13.7. The minimum absolute atomic E-state index is 0. The second-order valence-corrected chi connectivity index (χ2v) is 6.39. The molecule has 0 spiro atoms. The first-order chi connectivity index (χ1) is 9.12. The van der Waals surface area contributed by atoms with Crippen molar-refractivity contribution in [3.05, 3.63) is 17.6 Å². The van der Waals surface area contributed by atoms with Crippen LogP contribution in [0.15, 0.2) is 6.33 Å². The Balaban J connectivity index is 0.00000200. The quantitative estimate of drug-likeness (QED) is 0.684. The van der Waals surface area contributed by atoms with E-state index in [-0.39, 0.29) is 30.6 Å². The van der Waals surface area contributed by atoms with Gasteiger partial charge in [0, 0.05) is 25.1 Å². The van der Waals surface area contributed by atoms with E-state index in [1.807, 2.05) is 0 Å². The van der Waals surface area contributed by atoms with Crippen LogP contribution in [0.3, 0.4) is 0 Å². The highest BCUT2D eigenvalue weighted by molar-refractivity contribution is 7.89. The van der Waals surface area contributed by atoms with Crippen LogP contribution in [-0.2, 0) is 22.9 Å². The Bertz CT molecular complexity index is 541. The van der Waals surface area contributed by atoms with Gasteiger partial charge >= 0.3 is 0 Å². The van der Waals surface area contributed by atoms with Crippen molar-refractivity contribution in [1.29, 1.82) is 0 Å². The maximum absolute atomic E-state index is 11.3. The number of halogens is 2. The van der Waals surface area contributed by atoms with Crippen molar-refractivity contribution in [3.63, 3.8) is 0 Å². The molecule has 122 valence electrons. The SMILES string of the molecule is CNS(=O)(=O)CCNc1ncnc2c1CCNCC2.Cl.Cl. The fraction of sp³-hybridized carbons (Fsp3) is 0.636. The molecule has 0 amide bonds. The monoisotopic (exact) mass is 357 g/mol. The van der Waals surface area contributed by atoms with Crippen molar-refractivity contribution in [2.75, 3.05) is 37.8 Å². The summed E-state index contributed by atoms with van der Waals surface area (Å²) < 4.78 is 25.0. The Kier molecular flexibility index (Phi) is 9.07. The molecule has 1 aliphatic heterocycles. The third-order valence-corrected chi connectivity index (χ3v) is 4.46. The molecule has 0 bridgehead atoms. The summed E-state index contributed by atoms with van der Waals surface area (Å²) in [5.74, 6) is 0.778. The van der Waals surface area contributed by atoms with Gasteiger partial charge in [-0.3, -0.25) is 0 Å². The average Bonchev–Trinajstić information content (AvgIpc) is 2.64. The molecule has 0 aromatic carbocycles. The Labute approximate surface area is 137 Å². The predicted molar refractivity (Wildman–Crippen MR) is 88.1 cm³/mol. The van der Waals surface area contributed by atoms with Crippen molar-refractivity contribution in [2.45, 2.75) is 12.8 Å². The highest BCUT2D eigenvalue weighted by Gasteiger charge is 2.14. The first-order valence-corrected chi connectivity index (χ1v) is 7.96. The number of anilines is 1. The highest BCUT2D eigenvalue weighted by Crippen LogP contribution is 2.17. The molecule has 0 atom stereocenters. The second-order valence-electron chi connectivity index (χ2n) is 4.35. The molecule has 0 unspecified atom stereocenters. The lowest BCUT2D eigenvalue weighted by Gasteiger charge is -2.12. The Hall–Kier alpha value is -0.670. The third kappa shape index (κ3) is 5.91. The second kappa shape index (κ2) is 9.37. The van der Waals surface area contributed by atoms with Gasteiger partial charge in [0.1, 0.15) is 12.1 Å². The molecule has 7 nitrogen and oxygen atoms in total. The van der Waals surface area contributed by atoms with Crippen LogP contribution in [0.5, 0.6) is 0 Å². The van der Waals surface area contributed by atoms with Crippen LogP contribution in [0, 0.1) is 0 Å². The van der Waals surface area contributed by atoms with Crippen LogP contribution >= 0.6 is 24.8 Å². The lowest BCUT2D eigenvalue weighted by atomic mass is 10.1. The van der Waals surface area contributed by atoms with E-state index in [1.54, 1.807) is 0 Å². The van der Waals surface area contributed by atoms with Gasteiger partial charge in [0.2, 0.25) is 10.0 Å². The smallest absolute Gasteiger partial charge is 0.213 e. The number of aromatic nitrogens is 2. The van der Waals surface area contributed by atoms with Gasteiger partial charge in [-0.2, -0.15) is 0 Å². The number of sulfonamides is 1. The molecular formula is C11H21Cl2N5O2S. The summed E-state index contributed by atoms with van der Waals surface area (Å²) >= 11 is 0. The van der Waals surface area contributed by atoms with Gasteiger partial charge < -0.3 is 10.6 Å². The van der Waals surface area contributed by atoms with E-state index in [0.717, 1.165) is 43.0 Å². The van der Waals surface area contributed by atoms with Crippen LogP contribution in [0.4, 0.5) is 5.82 Å². The van der Waals surface area contributed by atoms with E-state index in [9.17, 15) is 8.42 Å². The molecule has 0 saturated heterocycles.